The SMILES string of the molecule is N#Cc1cccc(-n2ccc(=O)c(Cc3cccc(N(CC4COCCO4)C(=O)O)c3)n2)c1. The van der Waals surface area contributed by atoms with E-state index in [1.54, 1.807) is 53.3 Å². The Bertz CT molecular complexity index is 1240. The van der Waals surface area contributed by atoms with Crippen molar-refractivity contribution in [2.45, 2.75) is 12.5 Å². The Balaban J connectivity index is 1.58. The summed E-state index contributed by atoms with van der Waals surface area (Å²) < 4.78 is 12.5. The lowest BCUT2D eigenvalue weighted by Gasteiger charge is -2.28. The second kappa shape index (κ2) is 10.1. The third kappa shape index (κ3) is 5.44. The van der Waals surface area contributed by atoms with Gasteiger partial charge in [0.25, 0.3) is 0 Å². The number of hydrogen-bond acceptors (Lipinski definition) is 6. The minimum atomic E-state index is -1.10. The number of amides is 1. The van der Waals surface area contributed by atoms with Crippen LogP contribution >= 0.6 is 0 Å². The van der Waals surface area contributed by atoms with Gasteiger partial charge in [-0.3, -0.25) is 9.69 Å². The zero-order chi connectivity index (χ0) is 23.2. The van der Waals surface area contributed by atoms with E-state index in [2.05, 4.69) is 11.2 Å². The molecular formula is C24H22N4O5. The van der Waals surface area contributed by atoms with Gasteiger partial charge in [-0.05, 0) is 35.9 Å². The molecule has 1 amide bonds. The van der Waals surface area contributed by atoms with Crippen molar-refractivity contribution in [3.8, 4) is 11.8 Å². The van der Waals surface area contributed by atoms with Crippen molar-refractivity contribution in [1.29, 1.82) is 5.26 Å². The first-order valence-corrected chi connectivity index (χ1v) is 10.4. The fourth-order valence-electron chi connectivity index (χ4n) is 3.60. The Morgan fingerprint density at radius 2 is 2.06 bits per heavy atom. The van der Waals surface area contributed by atoms with E-state index in [1.807, 2.05) is 6.07 Å². The molecule has 33 heavy (non-hydrogen) atoms. The molecule has 9 heteroatoms. The maximum absolute atomic E-state index is 12.5. The lowest BCUT2D eigenvalue weighted by atomic mass is 10.1. The molecule has 1 aliphatic rings. The topological polar surface area (TPSA) is 118 Å². The first kappa shape index (κ1) is 22.2. The molecule has 0 radical (unpaired) electrons. The monoisotopic (exact) mass is 446 g/mol. The van der Waals surface area contributed by atoms with Crippen LogP contribution < -0.4 is 10.3 Å². The van der Waals surface area contributed by atoms with Gasteiger partial charge in [0.15, 0.2) is 0 Å². The molecule has 1 fully saturated rings. The average Bonchev–Trinajstić information content (AvgIpc) is 2.84. The Labute approximate surface area is 190 Å². The normalized spacial score (nSPS) is 15.5. The van der Waals surface area contributed by atoms with Crippen LogP contribution in [-0.2, 0) is 15.9 Å². The van der Waals surface area contributed by atoms with Crippen LogP contribution in [-0.4, -0.2) is 53.4 Å². The van der Waals surface area contributed by atoms with Gasteiger partial charge in [0.2, 0.25) is 5.43 Å². The molecule has 0 aliphatic carbocycles. The van der Waals surface area contributed by atoms with Crippen LogP contribution in [0.25, 0.3) is 5.69 Å². The van der Waals surface area contributed by atoms with Crippen molar-refractivity contribution >= 4 is 11.8 Å². The second-order valence-electron chi connectivity index (χ2n) is 7.54. The number of benzene rings is 2. The lowest BCUT2D eigenvalue weighted by molar-refractivity contribution is -0.0836. The quantitative estimate of drug-likeness (QED) is 0.618. The Hall–Kier alpha value is -4.00. The van der Waals surface area contributed by atoms with E-state index in [-0.39, 0.29) is 24.5 Å². The molecule has 3 aromatic rings. The second-order valence-corrected chi connectivity index (χ2v) is 7.54. The summed E-state index contributed by atoms with van der Waals surface area (Å²) in [6.07, 6.45) is 0.337. The Kier molecular flexibility index (Phi) is 6.78. The zero-order valence-electron chi connectivity index (χ0n) is 17.8. The molecule has 4 rings (SSSR count). The van der Waals surface area contributed by atoms with Crippen LogP contribution in [0, 0.1) is 11.3 Å². The van der Waals surface area contributed by atoms with Crippen LogP contribution in [0.3, 0.4) is 0 Å². The van der Waals surface area contributed by atoms with Gasteiger partial charge >= 0.3 is 6.09 Å². The van der Waals surface area contributed by atoms with Crippen molar-refractivity contribution in [2.24, 2.45) is 0 Å². The summed E-state index contributed by atoms with van der Waals surface area (Å²) in [5, 5.41) is 23.3. The Morgan fingerprint density at radius 1 is 1.21 bits per heavy atom. The van der Waals surface area contributed by atoms with Gasteiger partial charge in [-0.15, -0.1) is 0 Å². The maximum atomic E-state index is 12.5. The van der Waals surface area contributed by atoms with Gasteiger partial charge in [-0.1, -0.05) is 18.2 Å². The van der Waals surface area contributed by atoms with Crippen molar-refractivity contribution in [3.63, 3.8) is 0 Å². The number of aromatic nitrogens is 2. The van der Waals surface area contributed by atoms with Crippen molar-refractivity contribution < 1.29 is 19.4 Å². The predicted octanol–water partition coefficient (Wildman–Crippen LogP) is 2.59. The molecular weight excluding hydrogens is 424 g/mol. The molecule has 0 spiro atoms. The molecule has 1 saturated heterocycles. The molecule has 1 aromatic heterocycles. The third-order valence-corrected chi connectivity index (χ3v) is 5.22. The van der Waals surface area contributed by atoms with Gasteiger partial charge in [0.05, 0.1) is 49.8 Å². The van der Waals surface area contributed by atoms with E-state index < -0.39 is 6.09 Å². The van der Waals surface area contributed by atoms with Crippen LogP contribution in [0.15, 0.2) is 65.6 Å². The summed E-state index contributed by atoms with van der Waals surface area (Å²) in [4.78, 5) is 25.6. The summed E-state index contributed by atoms with van der Waals surface area (Å²) in [6, 6.07) is 17.4. The molecule has 1 aliphatic heterocycles. The van der Waals surface area contributed by atoms with E-state index in [0.717, 1.165) is 5.56 Å². The number of ether oxygens (including phenoxy) is 2. The van der Waals surface area contributed by atoms with Gasteiger partial charge < -0.3 is 14.6 Å². The lowest BCUT2D eigenvalue weighted by Crippen LogP contribution is -2.42. The highest BCUT2D eigenvalue weighted by molar-refractivity contribution is 5.86. The van der Waals surface area contributed by atoms with Gasteiger partial charge in [0.1, 0.15) is 5.69 Å². The number of carbonyl (C=O) groups is 1. The number of hydrogen-bond donors (Lipinski definition) is 1. The number of anilines is 1. The highest BCUT2D eigenvalue weighted by Gasteiger charge is 2.23. The minimum absolute atomic E-state index is 0.143. The summed E-state index contributed by atoms with van der Waals surface area (Å²) in [5.41, 5.74) is 2.46. The van der Waals surface area contributed by atoms with Crippen molar-refractivity contribution in [2.75, 3.05) is 31.3 Å². The van der Waals surface area contributed by atoms with Crippen LogP contribution in [0.5, 0.6) is 0 Å². The molecule has 1 unspecified atom stereocenters. The molecule has 2 heterocycles. The number of nitriles is 1. The van der Waals surface area contributed by atoms with Crippen molar-refractivity contribution in [3.05, 3.63) is 87.8 Å². The van der Waals surface area contributed by atoms with Crippen molar-refractivity contribution in [1.82, 2.24) is 9.78 Å². The van der Waals surface area contributed by atoms with E-state index >= 15 is 0 Å². The molecule has 0 saturated carbocycles. The molecule has 1 atom stereocenters. The molecule has 2 aromatic carbocycles. The molecule has 9 nitrogen and oxygen atoms in total. The van der Waals surface area contributed by atoms with E-state index in [9.17, 15) is 14.7 Å². The standard InChI is InChI=1S/C24H22N4O5/c25-14-18-4-2-6-20(12-18)28-8-7-23(29)22(26-28)13-17-3-1-5-19(11-17)27(24(30)31)15-21-16-32-9-10-33-21/h1-8,11-12,21H,9-10,13,15-16H2,(H,30,31). The minimum Gasteiger partial charge on any atom is -0.465 e. The summed E-state index contributed by atoms with van der Waals surface area (Å²) in [7, 11) is 0. The molecule has 0 bridgehead atoms. The van der Waals surface area contributed by atoms with Gasteiger partial charge in [-0.2, -0.15) is 10.4 Å². The summed E-state index contributed by atoms with van der Waals surface area (Å²) in [6.45, 7) is 1.41. The average molecular weight is 446 g/mol. The number of rotatable bonds is 6. The smallest absolute Gasteiger partial charge is 0.411 e. The summed E-state index contributed by atoms with van der Waals surface area (Å²) >= 11 is 0. The maximum Gasteiger partial charge on any atom is 0.411 e. The fraction of sp³-hybridized carbons (Fsp3) is 0.250. The van der Waals surface area contributed by atoms with Crippen LogP contribution in [0.1, 0.15) is 16.8 Å². The largest absolute Gasteiger partial charge is 0.465 e. The molecule has 168 valence electrons. The number of nitrogens with zero attached hydrogens (tertiary/aromatic N) is 4. The van der Waals surface area contributed by atoms with E-state index in [0.29, 0.717) is 42.5 Å². The zero-order valence-corrected chi connectivity index (χ0v) is 17.8. The first-order valence-electron chi connectivity index (χ1n) is 10.4. The molecule has 1 N–H and O–H groups in total. The third-order valence-electron chi connectivity index (χ3n) is 5.22. The van der Waals surface area contributed by atoms with Crippen LogP contribution in [0.2, 0.25) is 0 Å². The van der Waals surface area contributed by atoms with Gasteiger partial charge in [-0.25, -0.2) is 9.48 Å². The highest BCUT2D eigenvalue weighted by Crippen LogP contribution is 2.20. The van der Waals surface area contributed by atoms with E-state index in [4.69, 9.17) is 14.7 Å². The first-order chi connectivity index (χ1) is 16.0. The van der Waals surface area contributed by atoms with Crippen LogP contribution in [0.4, 0.5) is 10.5 Å². The van der Waals surface area contributed by atoms with Gasteiger partial charge in [0, 0.05) is 24.4 Å². The Morgan fingerprint density at radius 3 is 2.82 bits per heavy atom. The summed E-state index contributed by atoms with van der Waals surface area (Å²) in [5.74, 6) is 0. The fourth-order valence-corrected chi connectivity index (χ4v) is 3.60. The van der Waals surface area contributed by atoms with E-state index in [1.165, 1.54) is 11.0 Å². The number of carboxylic acid groups (broad SMARTS) is 1. The highest BCUT2D eigenvalue weighted by atomic mass is 16.6. The predicted molar refractivity (Wildman–Crippen MR) is 120 cm³/mol.